The molecular formula is C20H29N5O. The number of anilines is 2. The van der Waals surface area contributed by atoms with Crippen molar-refractivity contribution >= 4 is 11.8 Å². The molecular weight excluding hydrogens is 326 g/mol. The standard InChI is InChI=1S/C20H29N5O/c1-17-16-19(21-9-5-8-18-6-3-2-4-7-18)24-20(23-17)22-10-11-25-12-14-26-15-13-25/h2-4,6-7,16H,5,8-15H2,1H3,(H2,21,22,23,24). The van der Waals surface area contributed by atoms with Crippen molar-refractivity contribution in [2.45, 2.75) is 19.8 Å². The van der Waals surface area contributed by atoms with Crippen LogP contribution in [0.25, 0.3) is 0 Å². The molecule has 0 bridgehead atoms. The number of morpholine rings is 1. The Bertz CT molecular complexity index is 659. The number of aromatic nitrogens is 2. The normalized spacial score (nSPS) is 15.0. The maximum absolute atomic E-state index is 5.38. The van der Waals surface area contributed by atoms with Crippen LogP contribution in [-0.2, 0) is 11.2 Å². The highest BCUT2D eigenvalue weighted by atomic mass is 16.5. The van der Waals surface area contributed by atoms with E-state index < -0.39 is 0 Å². The van der Waals surface area contributed by atoms with Gasteiger partial charge < -0.3 is 15.4 Å². The Hall–Kier alpha value is -2.18. The molecule has 0 atom stereocenters. The molecule has 0 saturated carbocycles. The summed E-state index contributed by atoms with van der Waals surface area (Å²) < 4.78 is 5.38. The molecule has 26 heavy (non-hydrogen) atoms. The number of benzene rings is 1. The fourth-order valence-corrected chi connectivity index (χ4v) is 3.04. The highest BCUT2D eigenvalue weighted by molar-refractivity contribution is 5.42. The Kier molecular flexibility index (Phi) is 7.22. The number of hydrogen-bond donors (Lipinski definition) is 2. The van der Waals surface area contributed by atoms with E-state index in [0.717, 1.165) is 70.3 Å². The molecule has 1 aromatic carbocycles. The lowest BCUT2D eigenvalue weighted by Crippen LogP contribution is -2.39. The number of aryl methyl sites for hydroxylation is 2. The van der Waals surface area contributed by atoms with Gasteiger partial charge in [-0.25, -0.2) is 4.98 Å². The molecule has 1 saturated heterocycles. The number of rotatable bonds is 9. The number of nitrogens with one attached hydrogen (secondary N) is 2. The molecule has 6 heteroatoms. The van der Waals surface area contributed by atoms with E-state index in [-0.39, 0.29) is 0 Å². The van der Waals surface area contributed by atoms with Crippen LogP contribution in [0.2, 0.25) is 0 Å². The minimum absolute atomic E-state index is 0.698. The molecule has 2 N–H and O–H groups in total. The molecule has 1 aliphatic rings. The van der Waals surface area contributed by atoms with Crippen LogP contribution in [0.1, 0.15) is 17.7 Å². The molecule has 0 amide bonds. The summed E-state index contributed by atoms with van der Waals surface area (Å²) in [6.45, 7) is 8.41. The van der Waals surface area contributed by atoms with Crippen molar-refractivity contribution in [3.8, 4) is 0 Å². The van der Waals surface area contributed by atoms with Crippen molar-refractivity contribution < 1.29 is 4.74 Å². The molecule has 1 fully saturated rings. The molecule has 140 valence electrons. The highest BCUT2D eigenvalue weighted by Gasteiger charge is 2.09. The van der Waals surface area contributed by atoms with E-state index in [2.05, 4.69) is 55.8 Å². The summed E-state index contributed by atoms with van der Waals surface area (Å²) in [5.74, 6) is 1.59. The molecule has 2 heterocycles. The summed E-state index contributed by atoms with van der Waals surface area (Å²) in [6, 6.07) is 12.6. The van der Waals surface area contributed by atoms with Crippen molar-refractivity contribution in [1.29, 1.82) is 0 Å². The van der Waals surface area contributed by atoms with Gasteiger partial charge in [0.1, 0.15) is 5.82 Å². The van der Waals surface area contributed by atoms with Gasteiger partial charge in [0.2, 0.25) is 5.95 Å². The first-order valence-electron chi connectivity index (χ1n) is 9.47. The van der Waals surface area contributed by atoms with Crippen LogP contribution >= 0.6 is 0 Å². The second-order valence-electron chi connectivity index (χ2n) is 6.61. The summed E-state index contributed by atoms with van der Waals surface area (Å²) in [5.41, 5.74) is 2.35. The average Bonchev–Trinajstić information content (AvgIpc) is 2.67. The molecule has 0 radical (unpaired) electrons. The lowest BCUT2D eigenvalue weighted by atomic mass is 10.1. The quantitative estimate of drug-likeness (QED) is 0.674. The van der Waals surface area contributed by atoms with Crippen molar-refractivity contribution in [1.82, 2.24) is 14.9 Å². The first-order chi connectivity index (χ1) is 12.8. The van der Waals surface area contributed by atoms with Gasteiger partial charge in [-0.05, 0) is 25.3 Å². The first-order valence-corrected chi connectivity index (χ1v) is 9.47. The predicted octanol–water partition coefficient (Wildman–Crippen LogP) is 2.57. The Labute approximate surface area is 156 Å². The van der Waals surface area contributed by atoms with Gasteiger partial charge >= 0.3 is 0 Å². The topological polar surface area (TPSA) is 62.3 Å². The minimum Gasteiger partial charge on any atom is -0.379 e. The summed E-state index contributed by atoms with van der Waals surface area (Å²) in [6.07, 6.45) is 2.15. The molecule has 2 aromatic rings. The smallest absolute Gasteiger partial charge is 0.224 e. The van der Waals surface area contributed by atoms with E-state index in [1.54, 1.807) is 0 Å². The van der Waals surface area contributed by atoms with Crippen molar-refractivity contribution in [3.05, 3.63) is 47.7 Å². The third kappa shape index (κ3) is 6.28. The Morgan fingerprint density at radius 3 is 2.65 bits per heavy atom. The van der Waals surface area contributed by atoms with E-state index in [1.165, 1.54) is 5.56 Å². The molecule has 1 aromatic heterocycles. The summed E-state index contributed by atoms with van der Waals surface area (Å²) in [5, 5.41) is 6.76. The minimum atomic E-state index is 0.698. The molecule has 0 unspecified atom stereocenters. The van der Waals surface area contributed by atoms with Gasteiger partial charge in [0.15, 0.2) is 0 Å². The summed E-state index contributed by atoms with van der Waals surface area (Å²) >= 11 is 0. The van der Waals surface area contributed by atoms with Gasteiger partial charge in [-0.3, -0.25) is 4.90 Å². The zero-order chi connectivity index (χ0) is 18.0. The van der Waals surface area contributed by atoms with E-state index in [9.17, 15) is 0 Å². The highest BCUT2D eigenvalue weighted by Crippen LogP contribution is 2.10. The van der Waals surface area contributed by atoms with Crippen LogP contribution in [0, 0.1) is 6.92 Å². The maximum Gasteiger partial charge on any atom is 0.224 e. The maximum atomic E-state index is 5.38. The fraction of sp³-hybridized carbons (Fsp3) is 0.500. The van der Waals surface area contributed by atoms with Crippen LogP contribution in [0.5, 0.6) is 0 Å². The second-order valence-corrected chi connectivity index (χ2v) is 6.61. The van der Waals surface area contributed by atoms with Gasteiger partial charge in [0, 0.05) is 44.5 Å². The van der Waals surface area contributed by atoms with Crippen LogP contribution in [0.3, 0.4) is 0 Å². The summed E-state index contributed by atoms with van der Waals surface area (Å²) in [7, 11) is 0. The second kappa shape index (κ2) is 10.1. The Balaban J connectivity index is 1.41. The van der Waals surface area contributed by atoms with E-state index in [0.29, 0.717) is 5.95 Å². The van der Waals surface area contributed by atoms with Crippen molar-refractivity contribution in [2.24, 2.45) is 0 Å². The molecule has 6 nitrogen and oxygen atoms in total. The molecule has 0 aliphatic carbocycles. The number of ether oxygens (including phenoxy) is 1. The lowest BCUT2D eigenvalue weighted by Gasteiger charge is -2.26. The van der Waals surface area contributed by atoms with Gasteiger partial charge in [0.25, 0.3) is 0 Å². The number of nitrogens with zero attached hydrogens (tertiary/aromatic N) is 3. The Morgan fingerprint density at radius 1 is 1.04 bits per heavy atom. The number of hydrogen-bond acceptors (Lipinski definition) is 6. The van der Waals surface area contributed by atoms with Gasteiger partial charge in [0.05, 0.1) is 13.2 Å². The third-order valence-corrected chi connectivity index (χ3v) is 4.46. The van der Waals surface area contributed by atoms with Crippen molar-refractivity contribution in [2.75, 3.05) is 56.6 Å². The summed E-state index contributed by atoms with van der Waals surface area (Å²) in [4.78, 5) is 11.5. The van der Waals surface area contributed by atoms with Gasteiger partial charge in [-0.1, -0.05) is 30.3 Å². The van der Waals surface area contributed by atoms with E-state index in [4.69, 9.17) is 4.74 Å². The molecule has 0 spiro atoms. The zero-order valence-electron chi connectivity index (χ0n) is 15.6. The van der Waals surface area contributed by atoms with Gasteiger partial charge in [-0.2, -0.15) is 4.98 Å². The van der Waals surface area contributed by atoms with Crippen LogP contribution in [0.4, 0.5) is 11.8 Å². The molecule has 1 aliphatic heterocycles. The van der Waals surface area contributed by atoms with Crippen LogP contribution in [-0.4, -0.2) is 60.8 Å². The van der Waals surface area contributed by atoms with Crippen LogP contribution < -0.4 is 10.6 Å². The van der Waals surface area contributed by atoms with Crippen LogP contribution in [0.15, 0.2) is 36.4 Å². The van der Waals surface area contributed by atoms with Gasteiger partial charge in [-0.15, -0.1) is 0 Å². The monoisotopic (exact) mass is 355 g/mol. The fourth-order valence-electron chi connectivity index (χ4n) is 3.04. The Morgan fingerprint density at radius 2 is 1.85 bits per heavy atom. The van der Waals surface area contributed by atoms with Crippen molar-refractivity contribution in [3.63, 3.8) is 0 Å². The molecule has 3 rings (SSSR count). The van der Waals surface area contributed by atoms with E-state index >= 15 is 0 Å². The SMILES string of the molecule is Cc1cc(NCCCc2ccccc2)nc(NCCN2CCOCC2)n1. The first kappa shape index (κ1) is 18.6. The predicted molar refractivity (Wildman–Crippen MR) is 106 cm³/mol. The largest absolute Gasteiger partial charge is 0.379 e. The zero-order valence-corrected chi connectivity index (χ0v) is 15.6. The lowest BCUT2D eigenvalue weighted by molar-refractivity contribution is 0.0398. The average molecular weight is 355 g/mol. The third-order valence-electron chi connectivity index (χ3n) is 4.46. The van der Waals surface area contributed by atoms with E-state index in [1.807, 2.05) is 13.0 Å².